The van der Waals surface area contributed by atoms with Gasteiger partial charge >= 0.3 is 5.97 Å². The van der Waals surface area contributed by atoms with E-state index in [-0.39, 0.29) is 24.6 Å². The molecule has 0 aliphatic carbocycles. The van der Waals surface area contributed by atoms with Gasteiger partial charge in [-0.25, -0.2) is 4.79 Å². The van der Waals surface area contributed by atoms with Crippen LogP contribution in [-0.4, -0.2) is 48.7 Å². The zero-order valence-electron chi connectivity index (χ0n) is 18.2. The lowest BCUT2D eigenvalue weighted by atomic mass is 9.88. The van der Waals surface area contributed by atoms with E-state index >= 15 is 0 Å². The number of imide groups is 1. The van der Waals surface area contributed by atoms with Crippen LogP contribution in [0.5, 0.6) is 5.75 Å². The Labute approximate surface area is 190 Å². The first-order valence-electron chi connectivity index (χ1n) is 10.3. The Morgan fingerprint density at radius 1 is 0.879 bits per heavy atom. The van der Waals surface area contributed by atoms with E-state index in [2.05, 4.69) is 6.58 Å². The van der Waals surface area contributed by atoms with Crippen LogP contribution in [0, 0.1) is 0 Å². The highest BCUT2D eigenvalue weighted by molar-refractivity contribution is 6.29. The molecule has 33 heavy (non-hydrogen) atoms. The Hall–Kier alpha value is -4.26. The maximum atomic E-state index is 13.3. The summed E-state index contributed by atoms with van der Waals surface area (Å²) < 4.78 is 10.9. The summed E-state index contributed by atoms with van der Waals surface area (Å²) in [5.74, 6) is -1.40. The van der Waals surface area contributed by atoms with Crippen LogP contribution >= 0.6 is 0 Å². The molecule has 0 bridgehead atoms. The van der Waals surface area contributed by atoms with Crippen LogP contribution in [0.15, 0.2) is 66.7 Å². The number of ether oxygens (including phenoxy) is 2. The first-order valence-corrected chi connectivity index (χ1v) is 10.3. The van der Waals surface area contributed by atoms with Crippen LogP contribution in [0.25, 0.3) is 10.8 Å². The van der Waals surface area contributed by atoms with Gasteiger partial charge in [0.2, 0.25) is 0 Å². The summed E-state index contributed by atoms with van der Waals surface area (Å²) in [6.07, 6.45) is 0. The highest BCUT2D eigenvalue weighted by Crippen LogP contribution is 2.38. The lowest BCUT2D eigenvalue weighted by Gasteiger charge is -2.25. The van der Waals surface area contributed by atoms with Gasteiger partial charge in [-0.15, -0.1) is 0 Å². The summed E-state index contributed by atoms with van der Waals surface area (Å²) in [4.78, 5) is 51.6. The van der Waals surface area contributed by atoms with Crippen LogP contribution in [0.1, 0.15) is 43.6 Å². The first kappa shape index (κ1) is 22.0. The highest BCUT2D eigenvalue weighted by Gasteiger charge is 2.33. The second-order valence-electron chi connectivity index (χ2n) is 7.65. The molecule has 0 saturated heterocycles. The summed E-state index contributed by atoms with van der Waals surface area (Å²) in [6, 6.07) is 15.0. The van der Waals surface area contributed by atoms with E-state index in [0.29, 0.717) is 38.8 Å². The zero-order valence-corrected chi connectivity index (χ0v) is 18.2. The summed E-state index contributed by atoms with van der Waals surface area (Å²) in [7, 11) is 1.42. The highest BCUT2D eigenvalue weighted by atomic mass is 16.6. The summed E-state index contributed by atoms with van der Waals surface area (Å²) in [5, 5.41) is 0.751. The van der Waals surface area contributed by atoms with Gasteiger partial charge in [0.1, 0.15) is 19.0 Å². The van der Waals surface area contributed by atoms with E-state index in [4.69, 9.17) is 9.47 Å². The van der Waals surface area contributed by atoms with Crippen molar-refractivity contribution < 1.29 is 28.7 Å². The van der Waals surface area contributed by atoms with Crippen LogP contribution < -0.4 is 4.74 Å². The molecule has 0 atom stereocenters. The molecule has 0 aromatic heterocycles. The number of esters is 1. The molecule has 0 spiro atoms. The third kappa shape index (κ3) is 3.89. The molecule has 0 radical (unpaired) electrons. The van der Waals surface area contributed by atoms with Gasteiger partial charge in [-0.3, -0.25) is 19.3 Å². The van der Waals surface area contributed by atoms with Gasteiger partial charge in [0.15, 0.2) is 5.78 Å². The van der Waals surface area contributed by atoms with Gasteiger partial charge in [0, 0.05) is 45.6 Å². The summed E-state index contributed by atoms with van der Waals surface area (Å²) in [5.41, 5.74) is 1.66. The van der Waals surface area contributed by atoms with E-state index in [1.165, 1.54) is 7.05 Å². The number of amides is 2. The maximum Gasteiger partial charge on any atom is 0.333 e. The van der Waals surface area contributed by atoms with Crippen molar-refractivity contribution >= 4 is 34.3 Å². The van der Waals surface area contributed by atoms with Crippen molar-refractivity contribution in [3.8, 4) is 5.75 Å². The number of benzene rings is 3. The average molecular weight is 443 g/mol. The van der Waals surface area contributed by atoms with E-state index in [9.17, 15) is 19.2 Å². The number of hydrogen-bond acceptors (Lipinski definition) is 6. The van der Waals surface area contributed by atoms with Gasteiger partial charge in [0.25, 0.3) is 11.8 Å². The minimum absolute atomic E-state index is 0.0124. The predicted octanol–water partition coefficient (Wildman–Crippen LogP) is 3.79. The first-order chi connectivity index (χ1) is 15.8. The molecule has 3 aromatic carbocycles. The minimum atomic E-state index is -0.533. The Bertz CT molecular complexity index is 1300. The number of nitrogens with zero attached hydrogens (tertiary/aromatic N) is 1. The molecular weight excluding hydrogens is 422 g/mol. The van der Waals surface area contributed by atoms with Crippen LogP contribution in [0.3, 0.4) is 0 Å². The minimum Gasteiger partial charge on any atom is -0.489 e. The third-order valence-corrected chi connectivity index (χ3v) is 5.40. The lowest BCUT2D eigenvalue weighted by molar-refractivity contribution is -0.139. The maximum absolute atomic E-state index is 13.3. The van der Waals surface area contributed by atoms with Crippen molar-refractivity contribution in [3.63, 3.8) is 0 Å². The molecule has 4 rings (SSSR count). The molecule has 0 unspecified atom stereocenters. The quantitative estimate of drug-likeness (QED) is 0.181. The molecule has 2 amide bonds. The molecule has 0 fully saturated rings. The van der Waals surface area contributed by atoms with Crippen LogP contribution in [0.4, 0.5) is 0 Å². The Morgan fingerprint density at radius 3 is 2.15 bits per heavy atom. The Morgan fingerprint density at radius 2 is 1.52 bits per heavy atom. The van der Waals surface area contributed by atoms with Crippen LogP contribution in [-0.2, 0) is 9.53 Å². The molecule has 166 valence electrons. The Balaban J connectivity index is 1.82. The monoisotopic (exact) mass is 443 g/mol. The van der Waals surface area contributed by atoms with E-state index in [0.717, 1.165) is 4.90 Å². The Kier molecular flexibility index (Phi) is 5.79. The molecule has 3 aromatic rings. The number of carbonyl (C=O) groups is 4. The van der Waals surface area contributed by atoms with Crippen molar-refractivity contribution in [2.45, 2.75) is 6.92 Å². The number of ketones is 1. The van der Waals surface area contributed by atoms with Crippen molar-refractivity contribution in [3.05, 3.63) is 89.0 Å². The lowest BCUT2D eigenvalue weighted by Crippen LogP contribution is -2.37. The third-order valence-electron chi connectivity index (χ3n) is 5.40. The zero-order chi connectivity index (χ0) is 23.7. The fourth-order valence-electron chi connectivity index (χ4n) is 3.74. The van der Waals surface area contributed by atoms with E-state index < -0.39 is 17.8 Å². The van der Waals surface area contributed by atoms with Gasteiger partial charge < -0.3 is 9.47 Å². The molecule has 1 aliphatic rings. The number of rotatable bonds is 7. The van der Waals surface area contributed by atoms with Gasteiger partial charge in [-0.2, -0.15) is 0 Å². The molecule has 1 heterocycles. The molecule has 1 aliphatic heterocycles. The standard InChI is InChI=1S/C26H21NO6/c1-15(2)26(31)33-14-13-32-20-12-11-19-21-18(24(29)27(3)25(19)30)10-9-17(22(20)21)23(28)16-7-5-4-6-8-16/h4-12H,1,13-14H2,2-3H3. The van der Waals surface area contributed by atoms with Crippen molar-refractivity contribution in [1.29, 1.82) is 0 Å². The largest absolute Gasteiger partial charge is 0.489 e. The van der Waals surface area contributed by atoms with Crippen molar-refractivity contribution in [1.82, 2.24) is 4.90 Å². The smallest absolute Gasteiger partial charge is 0.333 e. The predicted molar refractivity (Wildman–Crippen MR) is 122 cm³/mol. The molecule has 0 saturated carbocycles. The van der Waals surface area contributed by atoms with Gasteiger partial charge in [-0.1, -0.05) is 36.9 Å². The second kappa shape index (κ2) is 8.70. The second-order valence-corrected chi connectivity index (χ2v) is 7.65. The molecule has 0 N–H and O–H groups in total. The van der Waals surface area contributed by atoms with Crippen molar-refractivity contribution in [2.75, 3.05) is 20.3 Å². The number of hydrogen-bond donors (Lipinski definition) is 0. The van der Waals surface area contributed by atoms with Gasteiger partial charge in [0.05, 0.1) is 0 Å². The van der Waals surface area contributed by atoms with E-state index in [1.54, 1.807) is 55.5 Å². The summed E-state index contributed by atoms with van der Waals surface area (Å²) >= 11 is 0. The molecular formula is C26H21NO6. The number of carbonyl (C=O) groups excluding carboxylic acids is 4. The molecule has 7 nitrogen and oxygen atoms in total. The topological polar surface area (TPSA) is 90.0 Å². The molecule has 7 heteroatoms. The average Bonchev–Trinajstić information content (AvgIpc) is 2.83. The van der Waals surface area contributed by atoms with Crippen molar-refractivity contribution in [2.24, 2.45) is 0 Å². The SMILES string of the molecule is C=C(C)C(=O)OCCOc1ccc2c3c(ccc(C(=O)c4ccccc4)c13)C(=O)N(C)C2=O. The van der Waals surface area contributed by atoms with Crippen LogP contribution in [0.2, 0.25) is 0 Å². The fraction of sp³-hybridized carbons (Fsp3) is 0.154. The summed E-state index contributed by atoms with van der Waals surface area (Å²) in [6.45, 7) is 5.05. The normalized spacial score (nSPS) is 12.6. The van der Waals surface area contributed by atoms with E-state index in [1.807, 2.05) is 6.07 Å². The fourth-order valence-corrected chi connectivity index (χ4v) is 3.74. The van der Waals surface area contributed by atoms with Gasteiger partial charge in [-0.05, 0) is 31.2 Å².